The summed E-state index contributed by atoms with van der Waals surface area (Å²) in [5.74, 6) is 0. The van der Waals surface area contributed by atoms with Crippen molar-refractivity contribution in [2.75, 3.05) is 6.54 Å². The van der Waals surface area contributed by atoms with E-state index in [1.807, 2.05) is 0 Å². The number of aromatic nitrogens is 1. The van der Waals surface area contributed by atoms with Crippen LogP contribution in [-0.2, 0) is 6.42 Å². The van der Waals surface area contributed by atoms with Gasteiger partial charge in [-0.25, -0.2) is 0 Å². The van der Waals surface area contributed by atoms with Crippen molar-refractivity contribution in [3.63, 3.8) is 0 Å². The van der Waals surface area contributed by atoms with E-state index in [0.29, 0.717) is 6.54 Å². The van der Waals surface area contributed by atoms with E-state index in [0.717, 1.165) is 10.9 Å². The first kappa shape index (κ1) is 10.7. The molecule has 0 saturated heterocycles. The van der Waals surface area contributed by atoms with Crippen molar-refractivity contribution in [1.29, 1.82) is 0 Å². The number of hydrogen-bond donors (Lipinski definition) is 2. The molecule has 2 aromatic rings. The SMILES string of the molecule is Cc1c(CCN)[nH]c2c(C)cc(Br)cc12. The maximum Gasteiger partial charge on any atom is 0.0489 e. The van der Waals surface area contributed by atoms with Crippen LogP contribution in [0.3, 0.4) is 0 Å². The van der Waals surface area contributed by atoms with Gasteiger partial charge in [-0.05, 0) is 43.7 Å². The Labute approximate surface area is 98.0 Å². The minimum absolute atomic E-state index is 0.688. The molecular formula is C12H15BrN2. The second kappa shape index (κ2) is 3.99. The Morgan fingerprint density at radius 2 is 2.07 bits per heavy atom. The van der Waals surface area contributed by atoms with E-state index in [2.05, 4.69) is 46.9 Å². The maximum atomic E-state index is 5.59. The zero-order valence-electron chi connectivity index (χ0n) is 9.02. The second-order valence-electron chi connectivity index (χ2n) is 3.91. The number of aryl methyl sites for hydroxylation is 2. The average Bonchev–Trinajstić information content (AvgIpc) is 2.47. The van der Waals surface area contributed by atoms with Gasteiger partial charge in [-0.2, -0.15) is 0 Å². The van der Waals surface area contributed by atoms with E-state index in [1.165, 1.54) is 27.7 Å². The highest BCUT2D eigenvalue weighted by molar-refractivity contribution is 9.10. The van der Waals surface area contributed by atoms with E-state index in [-0.39, 0.29) is 0 Å². The van der Waals surface area contributed by atoms with Crippen LogP contribution in [0.15, 0.2) is 16.6 Å². The Morgan fingerprint density at radius 1 is 1.33 bits per heavy atom. The van der Waals surface area contributed by atoms with E-state index >= 15 is 0 Å². The van der Waals surface area contributed by atoms with E-state index < -0.39 is 0 Å². The predicted octanol–water partition coefficient (Wildman–Crippen LogP) is 3.05. The van der Waals surface area contributed by atoms with Crippen LogP contribution in [0.25, 0.3) is 10.9 Å². The maximum absolute atomic E-state index is 5.59. The Kier molecular flexibility index (Phi) is 2.85. The summed E-state index contributed by atoms with van der Waals surface area (Å²) in [5.41, 5.74) is 10.7. The lowest BCUT2D eigenvalue weighted by atomic mass is 10.1. The molecule has 15 heavy (non-hydrogen) atoms. The fraction of sp³-hybridized carbons (Fsp3) is 0.333. The molecule has 0 radical (unpaired) electrons. The largest absolute Gasteiger partial charge is 0.358 e. The van der Waals surface area contributed by atoms with E-state index in [1.54, 1.807) is 0 Å². The smallest absolute Gasteiger partial charge is 0.0489 e. The number of benzene rings is 1. The Morgan fingerprint density at radius 3 is 2.73 bits per heavy atom. The molecule has 0 spiro atoms. The molecule has 1 heterocycles. The van der Waals surface area contributed by atoms with Crippen LogP contribution in [0, 0.1) is 13.8 Å². The van der Waals surface area contributed by atoms with Gasteiger partial charge in [0.1, 0.15) is 0 Å². The van der Waals surface area contributed by atoms with Crippen molar-refractivity contribution >= 4 is 26.8 Å². The topological polar surface area (TPSA) is 41.8 Å². The van der Waals surface area contributed by atoms with Crippen LogP contribution >= 0.6 is 15.9 Å². The Hall–Kier alpha value is -0.800. The number of fused-ring (bicyclic) bond motifs is 1. The number of halogens is 1. The molecule has 0 aliphatic heterocycles. The molecule has 0 aliphatic rings. The molecule has 2 rings (SSSR count). The average molecular weight is 267 g/mol. The normalized spacial score (nSPS) is 11.2. The van der Waals surface area contributed by atoms with Gasteiger partial charge in [-0.15, -0.1) is 0 Å². The lowest BCUT2D eigenvalue weighted by Crippen LogP contribution is -2.03. The highest BCUT2D eigenvalue weighted by Gasteiger charge is 2.09. The summed E-state index contributed by atoms with van der Waals surface area (Å²) in [7, 11) is 0. The summed E-state index contributed by atoms with van der Waals surface area (Å²) < 4.78 is 1.13. The van der Waals surface area contributed by atoms with Gasteiger partial charge in [0.05, 0.1) is 0 Å². The zero-order valence-corrected chi connectivity index (χ0v) is 10.6. The Balaban J connectivity index is 2.70. The van der Waals surface area contributed by atoms with Gasteiger partial charge < -0.3 is 10.7 Å². The van der Waals surface area contributed by atoms with Crippen LogP contribution < -0.4 is 5.73 Å². The Bertz CT molecular complexity index is 500. The first-order valence-electron chi connectivity index (χ1n) is 5.11. The summed E-state index contributed by atoms with van der Waals surface area (Å²) in [6.07, 6.45) is 0.914. The number of aromatic amines is 1. The number of nitrogens with two attached hydrogens (primary N) is 1. The molecule has 0 saturated carbocycles. The van der Waals surface area contributed by atoms with Gasteiger partial charge in [0.15, 0.2) is 0 Å². The van der Waals surface area contributed by atoms with Gasteiger partial charge in [-0.3, -0.25) is 0 Å². The van der Waals surface area contributed by atoms with E-state index in [9.17, 15) is 0 Å². The third-order valence-electron chi connectivity index (χ3n) is 2.83. The fourth-order valence-electron chi connectivity index (χ4n) is 2.01. The molecule has 3 heteroatoms. The van der Waals surface area contributed by atoms with Gasteiger partial charge in [-0.1, -0.05) is 15.9 Å². The van der Waals surface area contributed by atoms with Gasteiger partial charge in [0.25, 0.3) is 0 Å². The number of hydrogen-bond acceptors (Lipinski definition) is 1. The third-order valence-corrected chi connectivity index (χ3v) is 3.29. The number of H-pyrrole nitrogens is 1. The van der Waals surface area contributed by atoms with Crippen molar-refractivity contribution in [1.82, 2.24) is 4.98 Å². The van der Waals surface area contributed by atoms with Crippen molar-refractivity contribution in [3.8, 4) is 0 Å². The van der Waals surface area contributed by atoms with Gasteiger partial charge >= 0.3 is 0 Å². The molecule has 2 nitrogen and oxygen atoms in total. The summed E-state index contributed by atoms with van der Waals surface area (Å²) in [5, 5.41) is 1.30. The number of nitrogens with one attached hydrogen (secondary N) is 1. The monoisotopic (exact) mass is 266 g/mol. The van der Waals surface area contributed by atoms with Crippen molar-refractivity contribution in [3.05, 3.63) is 33.4 Å². The quantitative estimate of drug-likeness (QED) is 0.862. The van der Waals surface area contributed by atoms with Crippen molar-refractivity contribution in [2.24, 2.45) is 5.73 Å². The predicted molar refractivity (Wildman–Crippen MR) is 68.2 cm³/mol. The summed E-state index contributed by atoms with van der Waals surface area (Å²) in [6, 6.07) is 4.29. The van der Waals surface area contributed by atoms with Crippen LogP contribution in [0.5, 0.6) is 0 Å². The molecule has 1 aromatic heterocycles. The first-order chi connectivity index (χ1) is 7.13. The number of rotatable bonds is 2. The van der Waals surface area contributed by atoms with Crippen LogP contribution in [-0.4, -0.2) is 11.5 Å². The minimum atomic E-state index is 0.688. The summed E-state index contributed by atoms with van der Waals surface area (Å²) in [4.78, 5) is 3.46. The molecule has 0 atom stereocenters. The summed E-state index contributed by atoms with van der Waals surface area (Å²) >= 11 is 3.53. The fourth-order valence-corrected chi connectivity index (χ4v) is 2.58. The third kappa shape index (κ3) is 1.82. The highest BCUT2D eigenvalue weighted by atomic mass is 79.9. The summed E-state index contributed by atoms with van der Waals surface area (Å²) in [6.45, 7) is 4.96. The molecule has 1 aromatic carbocycles. The van der Waals surface area contributed by atoms with Gasteiger partial charge in [0, 0.05) is 27.5 Å². The molecule has 0 amide bonds. The molecular weight excluding hydrogens is 252 g/mol. The van der Waals surface area contributed by atoms with Crippen LogP contribution in [0.2, 0.25) is 0 Å². The zero-order chi connectivity index (χ0) is 11.0. The van der Waals surface area contributed by atoms with Crippen LogP contribution in [0.1, 0.15) is 16.8 Å². The standard InChI is InChI=1S/C12H15BrN2/c1-7-5-9(13)6-10-8(2)11(3-4-14)15-12(7)10/h5-6,15H,3-4,14H2,1-2H3. The van der Waals surface area contributed by atoms with Crippen molar-refractivity contribution < 1.29 is 0 Å². The first-order valence-corrected chi connectivity index (χ1v) is 5.90. The minimum Gasteiger partial charge on any atom is -0.358 e. The lowest BCUT2D eigenvalue weighted by Gasteiger charge is -1.98. The lowest BCUT2D eigenvalue weighted by molar-refractivity contribution is 0.929. The molecule has 80 valence electrons. The van der Waals surface area contributed by atoms with E-state index in [4.69, 9.17) is 5.73 Å². The van der Waals surface area contributed by atoms with Gasteiger partial charge in [0.2, 0.25) is 0 Å². The second-order valence-corrected chi connectivity index (χ2v) is 4.83. The molecule has 0 unspecified atom stereocenters. The molecule has 3 N–H and O–H groups in total. The van der Waals surface area contributed by atoms with Crippen LogP contribution in [0.4, 0.5) is 0 Å². The highest BCUT2D eigenvalue weighted by Crippen LogP contribution is 2.28. The molecule has 0 bridgehead atoms. The van der Waals surface area contributed by atoms with Crippen molar-refractivity contribution in [2.45, 2.75) is 20.3 Å². The molecule has 0 fully saturated rings. The molecule has 0 aliphatic carbocycles.